The summed E-state index contributed by atoms with van der Waals surface area (Å²) in [6.45, 7) is 0. The predicted molar refractivity (Wildman–Crippen MR) is 76.4 cm³/mol. The van der Waals surface area contributed by atoms with Gasteiger partial charge in [0.2, 0.25) is 0 Å². The van der Waals surface area contributed by atoms with Crippen molar-refractivity contribution < 1.29 is 8.42 Å². The van der Waals surface area contributed by atoms with Gasteiger partial charge in [-0.1, -0.05) is 6.07 Å². The van der Waals surface area contributed by atoms with E-state index in [1.807, 2.05) is 0 Å². The Morgan fingerprint density at radius 2 is 1.86 bits per heavy atom. The number of anilines is 1. The Morgan fingerprint density at radius 1 is 1.05 bits per heavy atom. The molecule has 0 radical (unpaired) electrons. The van der Waals surface area contributed by atoms with Crippen LogP contribution in [0.3, 0.4) is 0 Å². The lowest BCUT2D eigenvalue weighted by Gasteiger charge is -2.05. The van der Waals surface area contributed by atoms with E-state index in [1.165, 1.54) is 29.5 Å². The number of nitrogens with zero attached hydrogens (tertiary/aromatic N) is 4. The van der Waals surface area contributed by atoms with E-state index in [9.17, 15) is 8.42 Å². The summed E-state index contributed by atoms with van der Waals surface area (Å²) in [5.74, 6) is 0.544. The van der Waals surface area contributed by atoms with E-state index in [0.717, 1.165) is 0 Å². The monoisotopic (exact) mass is 301 g/mol. The predicted octanol–water partition coefficient (Wildman–Crippen LogP) is 1.46. The smallest absolute Gasteiger partial charge is 0.265 e. The van der Waals surface area contributed by atoms with Gasteiger partial charge in [-0.2, -0.15) is 5.10 Å². The first-order valence-electron chi connectivity index (χ1n) is 6.04. The summed E-state index contributed by atoms with van der Waals surface area (Å²) < 4.78 is 28.3. The molecule has 3 aromatic rings. The number of hydrogen-bond donors (Lipinski definition) is 1. The van der Waals surface area contributed by atoms with Crippen molar-refractivity contribution in [2.45, 2.75) is 4.90 Å². The Kier molecular flexibility index (Phi) is 3.36. The summed E-state index contributed by atoms with van der Waals surface area (Å²) in [5, 5.41) is 4.02. The molecule has 3 rings (SSSR count). The Labute approximate surface area is 121 Å². The van der Waals surface area contributed by atoms with Crippen LogP contribution in [0.4, 0.5) is 5.69 Å². The van der Waals surface area contributed by atoms with Crippen LogP contribution in [0.1, 0.15) is 0 Å². The summed E-state index contributed by atoms with van der Waals surface area (Å²) in [5.41, 5.74) is 0.440. The average molecular weight is 301 g/mol. The molecule has 1 N–H and O–H groups in total. The SMILES string of the molecule is O=S(=O)(Nc1ccncc1)c1cnn(-c2ccccn2)c1. The Morgan fingerprint density at radius 3 is 2.57 bits per heavy atom. The third-order valence-electron chi connectivity index (χ3n) is 2.69. The van der Waals surface area contributed by atoms with Gasteiger partial charge in [0.05, 0.1) is 18.1 Å². The zero-order chi connectivity index (χ0) is 14.7. The maximum Gasteiger partial charge on any atom is 0.265 e. The van der Waals surface area contributed by atoms with Gasteiger partial charge in [0.25, 0.3) is 10.0 Å². The van der Waals surface area contributed by atoms with Gasteiger partial charge in [0.15, 0.2) is 5.82 Å². The highest BCUT2D eigenvalue weighted by Crippen LogP contribution is 2.15. The van der Waals surface area contributed by atoms with Crippen LogP contribution in [0.2, 0.25) is 0 Å². The van der Waals surface area contributed by atoms with Gasteiger partial charge in [0.1, 0.15) is 4.90 Å². The fourth-order valence-electron chi connectivity index (χ4n) is 1.69. The Bertz CT molecular complexity index is 831. The van der Waals surface area contributed by atoms with Gasteiger partial charge in [0, 0.05) is 18.6 Å². The minimum atomic E-state index is -3.69. The third-order valence-corrected chi connectivity index (χ3v) is 4.02. The molecular weight excluding hydrogens is 290 g/mol. The molecule has 0 aliphatic heterocycles. The quantitative estimate of drug-likeness (QED) is 0.788. The van der Waals surface area contributed by atoms with Crippen molar-refractivity contribution in [3.05, 3.63) is 61.3 Å². The lowest BCUT2D eigenvalue weighted by atomic mass is 10.4. The lowest BCUT2D eigenvalue weighted by molar-refractivity contribution is 0.601. The highest BCUT2D eigenvalue weighted by molar-refractivity contribution is 7.92. The van der Waals surface area contributed by atoms with Gasteiger partial charge in [-0.05, 0) is 24.3 Å². The zero-order valence-corrected chi connectivity index (χ0v) is 11.6. The van der Waals surface area contributed by atoms with Crippen molar-refractivity contribution >= 4 is 15.7 Å². The normalized spacial score (nSPS) is 11.2. The number of nitrogens with one attached hydrogen (secondary N) is 1. The van der Waals surface area contributed by atoms with E-state index in [1.54, 1.807) is 36.5 Å². The first-order valence-corrected chi connectivity index (χ1v) is 7.52. The van der Waals surface area contributed by atoms with Gasteiger partial charge in [-0.3, -0.25) is 9.71 Å². The molecular formula is C13H11N5O2S. The molecule has 0 aliphatic carbocycles. The molecule has 0 saturated carbocycles. The molecule has 0 aromatic carbocycles. The maximum absolute atomic E-state index is 12.2. The second kappa shape index (κ2) is 5.33. The number of sulfonamides is 1. The molecule has 7 nitrogen and oxygen atoms in total. The Hall–Kier alpha value is -2.74. The fraction of sp³-hybridized carbons (Fsp3) is 0. The largest absolute Gasteiger partial charge is 0.279 e. The summed E-state index contributed by atoms with van der Waals surface area (Å²) in [6, 6.07) is 8.45. The topological polar surface area (TPSA) is 89.8 Å². The third kappa shape index (κ3) is 2.90. The molecule has 0 spiro atoms. The van der Waals surface area contributed by atoms with Crippen LogP contribution in [0.5, 0.6) is 0 Å². The summed E-state index contributed by atoms with van der Waals surface area (Å²) in [7, 11) is -3.69. The van der Waals surface area contributed by atoms with E-state index in [0.29, 0.717) is 11.5 Å². The van der Waals surface area contributed by atoms with Gasteiger partial charge < -0.3 is 0 Å². The second-order valence-corrected chi connectivity index (χ2v) is 5.83. The van der Waals surface area contributed by atoms with Crippen LogP contribution in [0, 0.1) is 0 Å². The molecule has 106 valence electrons. The van der Waals surface area contributed by atoms with Gasteiger partial charge >= 0.3 is 0 Å². The van der Waals surface area contributed by atoms with Crippen LogP contribution in [0.25, 0.3) is 5.82 Å². The average Bonchev–Trinajstić information content (AvgIpc) is 2.99. The Balaban J connectivity index is 1.89. The van der Waals surface area contributed by atoms with E-state index < -0.39 is 10.0 Å². The van der Waals surface area contributed by atoms with E-state index in [2.05, 4.69) is 19.8 Å². The molecule has 0 unspecified atom stereocenters. The van der Waals surface area contributed by atoms with Crippen LogP contribution in [-0.2, 0) is 10.0 Å². The van der Waals surface area contributed by atoms with E-state index in [4.69, 9.17) is 0 Å². The number of rotatable bonds is 4. The number of aromatic nitrogens is 4. The molecule has 3 aromatic heterocycles. The minimum absolute atomic E-state index is 0.0602. The highest BCUT2D eigenvalue weighted by atomic mass is 32.2. The molecule has 0 aliphatic rings. The highest BCUT2D eigenvalue weighted by Gasteiger charge is 2.17. The van der Waals surface area contributed by atoms with Crippen molar-refractivity contribution in [3.63, 3.8) is 0 Å². The lowest BCUT2D eigenvalue weighted by Crippen LogP contribution is -2.12. The zero-order valence-electron chi connectivity index (χ0n) is 10.8. The molecule has 21 heavy (non-hydrogen) atoms. The van der Waals surface area contributed by atoms with Crippen molar-refractivity contribution in [2.24, 2.45) is 0 Å². The number of pyridine rings is 2. The molecule has 8 heteroatoms. The van der Waals surface area contributed by atoms with Crippen molar-refractivity contribution in [2.75, 3.05) is 4.72 Å². The molecule has 0 bridgehead atoms. The van der Waals surface area contributed by atoms with Gasteiger partial charge in [-0.15, -0.1) is 0 Å². The summed E-state index contributed by atoms with van der Waals surface area (Å²) >= 11 is 0. The molecule has 0 fully saturated rings. The summed E-state index contributed by atoms with van der Waals surface area (Å²) in [6.07, 6.45) is 7.31. The first-order chi connectivity index (χ1) is 10.1. The van der Waals surface area contributed by atoms with Crippen molar-refractivity contribution in [1.29, 1.82) is 0 Å². The van der Waals surface area contributed by atoms with Crippen LogP contribution in [-0.4, -0.2) is 28.2 Å². The van der Waals surface area contributed by atoms with Crippen molar-refractivity contribution in [3.8, 4) is 5.82 Å². The maximum atomic E-state index is 12.2. The molecule has 0 atom stereocenters. The first kappa shape index (κ1) is 13.3. The van der Waals surface area contributed by atoms with Crippen molar-refractivity contribution in [1.82, 2.24) is 19.7 Å². The molecule has 0 amide bonds. The standard InChI is InChI=1S/C13H11N5O2S/c19-21(20,17-11-4-7-14-8-5-11)12-9-16-18(10-12)13-3-1-2-6-15-13/h1-10H,(H,14,17). The molecule has 0 saturated heterocycles. The van der Waals surface area contributed by atoms with E-state index in [-0.39, 0.29) is 4.90 Å². The van der Waals surface area contributed by atoms with E-state index >= 15 is 0 Å². The summed E-state index contributed by atoms with van der Waals surface area (Å²) in [4.78, 5) is 8.00. The van der Waals surface area contributed by atoms with Crippen LogP contribution >= 0.6 is 0 Å². The second-order valence-electron chi connectivity index (χ2n) is 4.15. The minimum Gasteiger partial charge on any atom is -0.279 e. The van der Waals surface area contributed by atoms with Crippen LogP contribution < -0.4 is 4.72 Å². The number of hydrogen-bond acceptors (Lipinski definition) is 5. The molecule has 3 heterocycles. The fourth-order valence-corrected chi connectivity index (χ4v) is 2.68. The van der Waals surface area contributed by atoms with Crippen LogP contribution in [0.15, 0.2) is 66.2 Å². The van der Waals surface area contributed by atoms with Gasteiger partial charge in [-0.25, -0.2) is 18.1 Å².